The molecule has 1 N–H and O–H groups in total. The number of hydrogen-bond donors (Lipinski definition) is 1. The first-order chi connectivity index (χ1) is 23.4. The van der Waals surface area contributed by atoms with Gasteiger partial charge in [-0.15, -0.1) is 0 Å². The number of rotatable bonds is 12. The molecule has 2 atom stereocenters. The van der Waals surface area contributed by atoms with Crippen molar-refractivity contribution in [3.63, 3.8) is 0 Å². The zero-order valence-corrected chi connectivity index (χ0v) is 28.8. The van der Waals surface area contributed by atoms with Gasteiger partial charge in [-0.05, 0) is 113 Å². The summed E-state index contributed by atoms with van der Waals surface area (Å²) in [5.41, 5.74) is 1.35. The molecule has 6 rings (SSSR count). The molecule has 0 saturated carbocycles. The molecule has 0 spiro atoms. The number of likely N-dealkylation sites (tertiary alicyclic amines) is 2. The van der Waals surface area contributed by atoms with Gasteiger partial charge in [0.05, 0.1) is 41.8 Å². The Morgan fingerprint density at radius 1 is 0.792 bits per heavy atom. The fourth-order valence-electron chi connectivity index (χ4n) is 7.25. The van der Waals surface area contributed by atoms with E-state index in [4.69, 9.17) is 18.9 Å². The van der Waals surface area contributed by atoms with Crippen molar-refractivity contribution in [3.8, 4) is 23.6 Å². The second kappa shape index (κ2) is 18.0. The Morgan fingerprint density at radius 3 is 1.83 bits per heavy atom. The number of nitriles is 2. The molecular weight excluding hydrogens is 604 g/mol. The van der Waals surface area contributed by atoms with Gasteiger partial charge in [0, 0.05) is 52.6 Å². The van der Waals surface area contributed by atoms with Gasteiger partial charge in [-0.2, -0.15) is 10.5 Å². The van der Waals surface area contributed by atoms with E-state index < -0.39 is 10.8 Å². The van der Waals surface area contributed by atoms with Crippen LogP contribution in [0.2, 0.25) is 0 Å². The number of hydrogen-bond acceptors (Lipinski definition) is 9. The molecule has 0 aromatic heterocycles. The molecule has 2 aromatic rings. The van der Waals surface area contributed by atoms with Crippen LogP contribution in [0.1, 0.15) is 75.8 Å². The fourth-order valence-corrected chi connectivity index (χ4v) is 7.25. The minimum atomic E-state index is -0.409. The summed E-state index contributed by atoms with van der Waals surface area (Å²) in [6.45, 7) is 11.8. The molecule has 2 aromatic carbocycles. The molecule has 0 radical (unpaired) electrons. The van der Waals surface area contributed by atoms with E-state index in [-0.39, 0.29) is 12.2 Å². The summed E-state index contributed by atoms with van der Waals surface area (Å²) in [6, 6.07) is 21.1. The van der Waals surface area contributed by atoms with Crippen LogP contribution in [0.4, 0.5) is 0 Å². The van der Waals surface area contributed by atoms with Gasteiger partial charge in [0.15, 0.2) is 0 Å². The molecule has 0 bridgehead atoms. The standard InChI is InChI=1S/C20H28N2O2.C19H26N2O3/c1-17(8-13-22-11-2-3-12-22)24-19-6-4-18(5-7-19)20(16-21)9-14-23-15-10-20;20-15-19(7-12-23-13-8-19)16-2-4-18(5-3-16)24-11-1-9-21-10-6-17(22)14-21/h4-7,17H,2-3,8-15H2,1H3;2-5,17,22H,1,6-14H2/t;17-/m.1/s1. The highest BCUT2D eigenvalue weighted by atomic mass is 16.5. The van der Waals surface area contributed by atoms with Gasteiger partial charge < -0.3 is 33.9 Å². The summed E-state index contributed by atoms with van der Waals surface area (Å²) in [4.78, 5) is 4.80. The van der Waals surface area contributed by atoms with Crippen LogP contribution < -0.4 is 9.47 Å². The van der Waals surface area contributed by atoms with Crippen LogP contribution in [-0.2, 0) is 20.3 Å². The van der Waals surface area contributed by atoms with E-state index in [0.29, 0.717) is 33.0 Å². The van der Waals surface area contributed by atoms with Crippen molar-refractivity contribution in [2.75, 3.05) is 72.3 Å². The second-order valence-electron chi connectivity index (χ2n) is 13.9. The first-order valence-corrected chi connectivity index (χ1v) is 18.0. The summed E-state index contributed by atoms with van der Waals surface area (Å²) in [5, 5.41) is 28.7. The maximum Gasteiger partial charge on any atom is 0.119 e. The molecule has 4 fully saturated rings. The molecule has 1 unspecified atom stereocenters. The van der Waals surface area contributed by atoms with Crippen LogP contribution >= 0.6 is 0 Å². The molecule has 9 heteroatoms. The van der Waals surface area contributed by atoms with E-state index in [1.807, 2.05) is 36.4 Å². The maximum atomic E-state index is 9.64. The minimum Gasteiger partial charge on any atom is -0.494 e. The first kappa shape index (κ1) is 36.1. The third-order valence-electron chi connectivity index (χ3n) is 10.5. The molecular formula is C39H54N4O5. The molecule has 4 heterocycles. The van der Waals surface area contributed by atoms with Crippen molar-refractivity contribution in [2.24, 2.45) is 0 Å². The Hall–Kier alpha value is -3.18. The number of ether oxygens (including phenoxy) is 4. The number of β-amino-alcohol motifs (C(OH)–C–C–N with tert-alkyl or cyclic N) is 1. The number of aliphatic hydroxyl groups is 1. The van der Waals surface area contributed by atoms with E-state index in [2.05, 4.69) is 41.0 Å². The Labute approximate surface area is 287 Å². The van der Waals surface area contributed by atoms with Gasteiger partial charge in [-0.3, -0.25) is 0 Å². The van der Waals surface area contributed by atoms with Gasteiger partial charge in [0.1, 0.15) is 11.5 Å². The predicted octanol–water partition coefficient (Wildman–Crippen LogP) is 5.61. The highest BCUT2D eigenvalue weighted by Gasteiger charge is 2.35. The fraction of sp³-hybridized carbons (Fsp3) is 0.641. The predicted molar refractivity (Wildman–Crippen MR) is 185 cm³/mol. The van der Waals surface area contributed by atoms with Gasteiger partial charge in [-0.1, -0.05) is 24.3 Å². The van der Waals surface area contributed by atoms with Gasteiger partial charge in [-0.25, -0.2) is 0 Å². The molecule has 0 aliphatic carbocycles. The van der Waals surface area contributed by atoms with Crippen molar-refractivity contribution < 1.29 is 24.1 Å². The van der Waals surface area contributed by atoms with Crippen molar-refractivity contribution in [1.29, 1.82) is 10.5 Å². The summed E-state index contributed by atoms with van der Waals surface area (Å²) in [7, 11) is 0. The highest BCUT2D eigenvalue weighted by molar-refractivity contribution is 5.38. The number of nitrogens with zero attached hydrogens (tertiary/aromatic N) is 4. The zero-order valence-electron chi connectivity index (χ0n) is 28.8. The molecule has 9 nitrogen and oxygen atoms in total. The topological polar surface area (TPSA) is 111 Å². The lowest BCUT2D eigenvalue weighted by atomic mass is 9.75. The smallest absolute Gasteiger partial charge is 0.119 e. The number of benzene rings is 2. The van der Waals surface area contributed by atoms with Crippen molar-refractivity contribution >= 4 is 0 Å². The van der Waals surface area contributed by atoms with E-state index in [1.165, 1.54) is 25.9 Å². The molecule has 260 valence electrons. The van der Waals surface area contributed by atoms with Crippen molar-refractivity contribution in [2.45, 2.75) is 87.7 Å². The van der Waals surface area contributed by atoms with Crippen molar-refractivity contribution in [1.82, 2.24) is 9.80 Å². The third-order valence-corrected chi connectivity index (χ3v) is 10.5. The Balaban J connectivity index is 0.000000188. The largest absolute Gasteiger partial charge is 0.494 e. The summed E-state index contributed by atoms with van der Waals surface area (Å²) in [5.74, 6) is 1.74. The Kier molecular flexibility index (Phi) is 13.5. The monoisotopic (exact) mass is 658 g/mol. The Morgan fingerprint density at radius 2 is 1.33 bits per heavy atom. The summed E-state index contributed by atoms with van der Waals surface area (Å²) in [6.07, 6.45) is 8.68. The summed E-state index contributed by atoms with van der Waals surface area (Å²) >= 11 is 0. The third kappa shape index (κ3) is 9.94. The minimum absolute atomic E-state index is 0.156. The van der Waals surface area contributed by atoms with Gasteiger partial charge >= 0.3 is 0 Å². The number of aliphatic hydroxyl groups excluding tert-OH is 1. The molecule has 4 aliphatic rings. The maximum absolute atomic E-state index is 9.64. The molecule has 0 amide bonds. The highest BCUT2D eigenvalue weighted by Crippen LogP contribution is 2.36. The van der Waals surface area contributed by atoms with Crippen LogP contribution in [0.25, 0.3) is 0 Å². The normalized spacial score (nSPS) is 22.9. The van der Waals surface area contributed by atoms with Crippen LogP contribution in [0.3, 0.4) is 0 Å². The molecule has 48 heavy (non-hydrogen) atoms. The first-order valence-electron chi connectivity index (χ1n) is 18.0. The zero-order chi connectivity index (χ0) is 33.7. The quantitative estimate of drug-likeness (QED) is 0.291. The van der Waals surface area contributed by atoms with Gasteiger partial charge in [0.2, 0.25) is 0 Å². The van der Waals surface area contributed by atoms with Crippen LogP contribution in [0, 0.1) is 22.7 Å². The average molecular weight is 659 g/mol. The van der Waals surface area contributed by atoms with E-state index >= 15 is 0 Å². The molecule has 4 aliphatic heterocycles. The van der Waals surface area contributed by atoms with Crippen molar-refractivity contribution in [3.05, 3.63) is 59.7 Å². The average Bonchev–Trinajstić information content (AvgIpc) is 3.82. The molecule has 4 saturated heterocycles. The van der Waals surface area contributed by atoms with E-state index in [9.17, 15) is 15.6 Å². The van der Waals surface area contributed by atoms with Crippen LogP contribution in [0.15, 0.2) is 48.5 Å². The second-order valence-corrected chi connectivity index (χ2v) is 13.9. The van der Waals surface area contributed by atoms with Crippen LogP contribution in [0.5, 0.6) is 11.5 Å². The van der Waals surface area contributed by atoms with Gasteiger partial charge in [0.25, 0.3) is 0 Å². The summed E-state index contributed by atoms with van der Waals surface area (Å²) < 4.78 is 22.7. The lowest BCUT2D eigenvalue weighted by molar-refractivity contribution is 0.0674. The van der Waals surface area contributed by atoms with Crippen LogP contribution in [-0.4, -0.2) is 99.4 Å². The van der Waals surface area contributed by atoms with E-state index in [1.54, 1.807) is 0 Å². The van der Waals surface area contributed by atoms with E-state index in [0.717, 1.165) is 93.8 Å². The lowest BCUT2D eigenvalue weighted by Crippen LogP contribution is -2.32. The lowest BCUT2D eigenvalue weighted by Gasteiger charge is -2.31. The Bertz CT molecular complexity index is 1320. The SMILES string of the molecule is CC(CCN1CCCC1)Oc1ccc(C2(C#N)CCOCC2)cc1.N#CC1(c2ccc(OCCCN3CC[C@@H](O)C3)cc2)CCOCC1.